The largest absolute Gasteiger partial charge is 2.00 e. The van der Waals surface area contributed by atoms with Crippen LogP contribution in [0.15, 0.2) is 70.5 Å². The first-order valence-electron chi connectivity index (χ1n) is 8.24. The molecule has 0 atom stereocenters. The number of amides is 2. The number of benzene rings is 2. The average Bonchev–Trinajstić information content (AvgIpc) is 2.70. The first-order valence-corrected chi connectivity index (χ1v) is 12.5. The van der Waals surface area contributed by atoms with Crippen LogP contribution in [0.5, 0.6) is 0 Å². The third-order valence-electron chi connectivity index (χ3n) is 2.92. The van der Waals surface area contributed by atoms with Gasteiger partial charge in [-0.3, -0.25) is 8.61 Å². The Labute approximate surface area is 200 Å². The van der Waals surface area contributed by atoms with Gasteiger partial charge in [0, 0.05) is 44.8 Å². The summed E-state index contributed by atoms with van der Waals surface area (Å²) in [5.41, 5.74) is 0. The second-order valence-corrected chi connectivity index (χ2v) is 9.21. The Balaban J connectivity index is 0.000000523. The number of hydrogen-bond donors (Lipinski definition) is 0. The van der Waals surface area contributed by atoms with Crippen LogP contribution in [0, 0.1) is 0 Å². The van der Waals surface area contributed by atoms with Crippen molar-refractivity contribution in [2.75, 3.05) is 13.1 Å². The van der Waals surface area contributed by atoms with Gasteiger partial charge >= 0.3 is 19.5 Å². The molecule has 0 saturated heterocycles. The first kappa shape index (κ1) is 28.0. The molecule has 0 N–H and O–H groups in total. The zero-order valence-corrected chi connectivity index (χ0v) is 22.3. The van der Waals surface area contributed by atoms with E-state index in [1.54, 1.807) is 13.8 Å². The van der Waals surface area contributed by atoms with Gasteiger partial charge in [0.25, 0.3) is 0 Å². The zero-order chi connectivity index (χ0) is 20.8. The van der Waals surface area contributed by atoms with Gasteiger partial charge in [0.05, 0.1) is 0 Å². The maximum atomic E-state index is 10.5. The van der Waals surface area contributed by atoms with Crippen LogP contribution in [-0.2, 0) is 19.5 Å². The van der Waals surface area contributed by atoms with Crippen LogP contribution in [0.3, 0.4) is 0 Å². The van der Waals surface area contributed by atoms with Crippen molar-refractivity contribution in [3.63, 3.8) is 0 Å². The van der Waals surface area contributed by atoms with Gasteiger partial charge in [-0.1, -0.05) is 36.4 Å². The molecule has 0 saturated carbocycles. The number of nitrogens with zero attached hydrogens (tertiary/aromatic N) is 2. The summed E-state index contributed by atoms with van der Waals surface area (Å²) in [5, 5.41) is 21.1. The van der Waals surface area contributed by atoms with Crippen LogP contribution in [0.2, 0.25) is 0 Å². The molecule has 0 aliphatic rings. The number of carbonyl (C=O) groups is 2. The van der Waals surface area contributed by atoms with Crippen LogP contribution in [0.25, 0.3) is 0 Å². The topological polar surface area (TPSA) is 86.7 Å². The second-order valence-electron chi connectivity index (χ2n) is 4.86. The summed E-state index contributed by atoms with van der Waals surface area (Å²) in [6.07, 6.45) is -2.30. The van der Waals surface area contributed by atoms with Crippen molar-refractivity contribution in [3.05, 3.63) is 60.7 Å². The van der Waals surface area contributed by atoms with E-state index in [1.807, 2.05) is 60.7 Å². The molecular weight excluding hydrogens is 502 g/mol. The smallest absolute Gasteiger partial charge is 0.529 e. The Kier molecular flexibility index (Phi) is 16.2. The van der Waals surface area contributed by atoms with Crippen molar-refractivity contribution in [1.29, 1.82) is 0 Å². The predicted molar refractivity (Wildman–Crippen MR) is 115 cm³/mol. The minimum atomic E-state index is -1.15. The molecular formula is C18H20N2O4S4Zn. The molecule has 0 fully saturated rings. The molecule has 0 radical (unpaired) electrons. The van der Waals surface area contributed by atoms with Gasteiger partial charge in [0.1, 0.15) is 12.2 Å². The molecule has 2 rings (SSSR count). The van der Waals surface area contributed by atoms with Crippen molar-refractivity contribution in [3.8, 4) is 0 Å². The molecule has 29 heavy (non-hydrogen) atoms. The average molecular weight is 522 g/mol. The SMILES string of the molecule is CCN(SSc1ccccc1)C(=O)[O-].CCN(SSc1ccccc1)C(=O)[O-].[Zn+2]. The normalized spacial score (nSPS) is 9.45. The third-order valence-corrected chi connectivity index (χ3v) is 7.85. The van der Waals surface area contributed by atoms with E-state index in [0.29, 0.717) is 13.1 Å². The van der Waals surface area contributed by atoms with Crippen molar-refractivity contribution < 1.29 is 39.3 Å². The Hall–Kier alpha value is -0.997. The number of carbonyl (C=O) groups excluding carboxylic acids is 2. The van der Waals surface area contributed by atoms with Crippen LogP contribution < -0.4 is 10.2 Å². The van der Waals surface area contributed by atoms with Gasteiger partial charge < -0.3 is 19.8 Å². The molecule has 0 heterocycles. The molecule has 2 aromatic rings. The fourth-order valence-electron chi connectivity index (χ4n) is 1.55. The Morgan fingerprint density at radius 1 is 0.724 bits per heavy atom. The van der Waals surface area contributed by atoms with Gasteiger partial charge in [-0.15, -0.1) is 0 Å². The molecule has 0 aromatic heterocycles. The molecule has 0 spiro atoms. The van der Waals surface area contributed by atoms with Crippen molar-refractivity contribution in [1.82, 2.24) is 8.61 Å². The summed E-state index contributed by atoms with van der Waals surface area (Å²) in [5.74, 6) is 0. The van der Waals surface area contributed by atoms with Crippen LogP contribution in [0.1, 0.15) is 13.8 Å². The fourth-order valence-corrected chi connectivity index (χ4v) is 5.49. The van der Waals surface area contributed by atoms with E-state index in [-0.39, 0.29) is 19.5 Å². The standard InChI is InChI=1S/2C9H11NO2S2.Zn/c2*1-2-10(9(11)12)14-13-8-6-4-3-5-7-8;/h2*3-7H,2H2,1H3,(H,11,12);/q;;+2/p-2. The van der Waals surface area contributed by atoms with E-state index in [9.17, 15) is 19.8 Å². The molecule has 0 aliphatic carbocycles. The second kappa shape index (κ2) is 16.8. The zero-order valence-electron chi connectivity index (χ0n) is 16.1. The van der Waals surface area contributed by atoms with E-state index >= 15 is 0 Å². The summed E-state index contributed by atoms with van der Waals surface area (Å²) < 4.78 is 2.36. The quantitative estimate of drug-likeness (QED) is 0.292. The summed E-state index contributed by atoms with van der Waals surface area (Å²) in [6, 6.07) is 19.2. The van der Waals surface area contributed by atoms with E-state index in [0.717, 1.165) is 9.79 Å². The van der Waals surface area contributed by atoms with Gasteiger partial charge in [0.2, 0.25) is 0 Å². The maximum Gasteiger partial charge on any atom is 2.00 e. The summed E-state index contributed by atoms with van der Waals surface area (Å²) in [7, 11) is 5.15. The van der Waals surface area contributed by atoms with Gasteiger partial charge in [-0.05, 0) is 59.7 Å². The van der Waals surface area contributed by atoms with Crippen molar-refractivity contribution in [2.45, 2.75) is 23.6 Å². The van der Waals surface area contributed by atoms with Gasteiger partial charge in [-0.25, -0.2) is 0 Å². The van der Waals surface area contributed by atoms with Crippen LogP contribution in [-0.4, -0.2) is 33.9 Å². The summed E-state index contributed by atoms with van der Waals surface area (Å²) >= 11 is 0. The van der Waals surface area contributed by atoms with E-state index in [2.05, 4.69) is 0 Å². The molecule has 152 valence electrons. The van der Waals surface area contributed by atoms with Crippen LogP contribution >= 0.6 is 43.5 Å². The monoisotopic (exact) mass is 520 g/mol. The number of carboxylic acid groups (broad SMARTS) is 2. The number of rotatable bonds is 8. The fraction of sp³-hybridized carbons (Fsp3) is 0.222. The first-order chi connectivity index (χ1) is 13.5. The molecule has 2 amide bonds. The third kappa shape index (κ3) is 12.3. The predicted octanol–water partition coefficient (Wildman–Crippen LogP) is 4.01. The number of hydrogen-bond acceptors (Lipinski definition) is 8. The molecule has 2 aromatic carbocycles. The Bertz CT molecular complexity index is 652. The Morgan fingerprint density at radius 3 is 1.28 bits per heavy atom. The van der Waals surface area contributed by atoms with E-state index in [4.69, 9.17) is 0 Å². The Morgan fingerprint density at radius 2 is 1.03 bits per heavy atom. The van der Waals surface area contributed by atoms with Crippen molar-refractivity contribution in [2.24, 2.45) is 0 Å². The minimum Gasteiger partial charge on any atom is -0.529 e. The van der Waals surface area contributed by atoms with Crippen LogP contribution in [0.4, 0.5) is 9.59 Å². The summed E-state index contributed by atoms with van der Waals surface area (Å²) in [6.45, 7) is 4.39. The molecule has 0 bridgehead atoms. The molecule has 0 aliphatic heterocycles. The molecule has 6 nitrogen and oxygen atoms in total. The molecule has 11 heteroatoms. The summed E-state index contributed by atoms with van der Waals surface area (Å²) in [4.78, 5) is 23.1. The maximum absolute atomic E-state index is 10.5. The van der Waals surface area contributed by atoms with E-state index < -0.39 is 12.2 Å². The molecule has 0 unspecified atom stereocenters. The van der Waals surface area contributed by atoms with Gasteiger partial charge in [0.15, 0.2) is 0 Å². The van der Waals surface area contributed by atoms with Gasteiger partial charge in [-0.2, -0.15) is 0 Å². The minimum absolute atomic E-state index is 0. The van der Waals surface area contributed by atoms with E-state index in [1.165, 1.54) is 52.2 Å². The van der Waals surface area contributed by atoms with Crippen molar-refractivity contribution >= 4 is 55.7 Å².